The van der Waals surface area contributed by atoms with Crippen LogP contribution < -0.4 is 10.9 Å². The van der Waals surface area contributed by atoms with Crippen LogP contribution in [0.25, 0.3) is 0 Å². The van der Waals surface area contributed by atoms with Crippen LogP contribution in [0.4, 0.5) is 5.82 Å². The highest BCUT2D eigenvalue weighted by molar-refractivity contribution is 7.99. The number of anilines is 1. The Kier molecular flexibility index (Phi) is 4.78. The molecule has 1 unspecified atom stereocenters. The van der Waals surface area contributed by atoms with Crippen molar-refractivity contribution in [1.82, 2.24) is 9.55 Å². The molecule has 1 amide bonds. The molecule has 2 heterocycles. The summed E-state index contributed by atoms with van der Waals surface area (Å²) in [7, 11) is 1.78. The van der Waals surface area contributed by atoms with Crippen LogP contribution in [0.15, 0.2) is 46.9 Å². The van der Waals surface area contributed by atoms with Crippen LogP contribution >= 0.6 is 23.4 Å². The fraction of sp³-hybridized carbons (Fsp3) is 0.235. The Hall–Kier alpha value is -2.05. The number of halogens is 1. The minimum absolute atomic E-state index is 0.145. The predicted molar refractivity (Wildman–Crippen MR) is 96.9 cm³/mol. The number of nitrogens with one attached hydrogen (secondary N) is 1. The van der Waals surface area contributed by atoms with Crippen LogP contribution in [0, 0.1) is 0 Å². The smallest absolute Gasteiger partial charge is 0.279 e. The Bertz CT molecular complexity index is 879. The summed E-state index contributed by atoms with van der Waals surface area (Å²) in [6.45, 7) is 3.67. The van der Waals surface area contributed by atoms with Gasteiger partial charge in [0, 0.05) is 30.2 Å². The van der Waals surface area contributed by atoms with Gasteiger partial charge in [0.2, 0.25) is 5.91 Å². The summed E-state index contributed by atoms with van der Waals surface area (Å²) < 4.78 is 1.74. The largest absolute Gasteiger partial charge is 0.312 e. The molecule has 0 aliphatic carbocycles. The Labute approximate surface area is 148 Å². The van der Waals surface area contributed by atoms with Gasteiger partial charge in [-0.25, -0.2) is 0 Å². The highest BCUT2D eigenvalue weighted by Crippen LogP contribution is 2.38. The number of aromatic nitrogens is 2. The van der Waals surface area contributed by atoms with Crippen molar-refractivity contribution in [2.75, 3.05) is 11.1 Å². The third-order valence-corrected chi connectivity index (χ3v) is 5.28. The minimum Gasteiger partial charge on any atom is -0.312 e. The molecule has 0 bridgehead atoms. The van der Waals surface area contributed by atoms with Crippen molar-refractivity contribution in [1.29, 1.82) is 0 Å². The number of hydrogen-bond acceptors (Lipinski definition) is 4. The first kappa shape index (κ1) is 16.8. The number of hydrogen-bond donors (Lipinski definition) is 1. The zero-order chi connectivity index (χ0) is 17.3. The van der Waals surface area contributed by atoms with E-state index in [1.165, 1.54) is 11.8 Å². The quantitative estimate of drug-likeness (QED) is 0.516. The molecular formula is C17H16ClN3O2S. The summed E-state index contributed by atoms with van der Waals surface area (Å²) in [5, 5.41) is 3.88. The van der Waals surface area contributed by atoms with Crippen LogP contribution in [0.5, 0.6) is 0 Å². The summed E-state index contributed by atoms with van der Waals surface area (Å²) in [4.78, 5) is 29.0. The molecule has 3 rings (SSSR count). The van der Waals surface area contributed by atoms with E-state index in [9.17, 15) is 9.59 Å². The maximum Gasteiger partial charge on any atom is 0.279 e. The van der Waals surface area contributed by atoms with Gasteiger partial charge in [0.15, 0.2) is 5.16 Å². The van der Waals surface area contributed by atoms with Gasteiger partial charge in [0.05, 0.1) is 5.56 Å². The lowest BCUT2D eigenvalue weighted by molar-refractivity contribution is -0.116. The van der Waals surface area contributed by atoms with Crippen molar-refractivity contribution >= 4 is 35.1 Å². The second-order valence-electron chi connectivity index (χ2n) is 5.45. The van der Waals surface area contributed by atoms with Gasteiger partial charge in [0.25, 0.3) is 5.56 Å². The molecule has 0 saturated heterocycles. The van der Waals surface area contributed by atoms with E-state index >= 15 is 0 Å². The number of rotatable bonds is 4. The number of carbonyl (C=O) groups is 1. The van der Waals surface area contributed by atoms with Gasteiger partial charge in [-0.1, -0.05) is 47.6 Å². The van der Waals surface area contributed by atoms with Crippen LogP contribution in [-0.4, -0.2) is 21.2 Å². The van der Waals surface area contributed by atoms with E-state index in [1.54, 1.807) is 23.8 Å². The molecule has 0 fully saturated rings. The zero-order valence-electron chi connectivity index (χ0n) is 13.1. The lowest BCUT2D eigenvalue weighted by Gasteiger charge is -2.27. The third kappa shape index (κ3) is 2.99. The fourth-order valence-electron chi connectivity index (χ4n) is 2.82. The monoisotopic (exact) mass is 361 g/mol. The van der Waals surface area contributed by atoms with Gasteiger partial charge in [-0.05, 0) is 11.6 Å². The second-order valence-corrected chi connectivity index (χ2v) is 6.84. The molecule has 0 spiro atoms. The van der Waals surface area contributed by atoms with E-state index < -0.39 is 5.92 Å². The van der Waals surface area contributed by atoms with Gasteiger partial charge in [-0.2, -0.15) is 4.98 Å². The van der Waals surface area contributed by atoms with Crippen molar-refractivity contribution in [3.63, 3.8) is 0 Å². The number of thioether (sulfide) groups is 1. The first-order chi connectivity index (χ1) is 11.5. The van der Waals surface area contributed by atoms with Gasteiger partial charge in [-0.15, -0.1) is 6.58 Å². The number of benzene rings is 1. The lowest BCUT2D eigenvalue weighted by atomic mass is 9.87. The topological polar surface area (TPSA) is 64.0 Å². The maximum atomic E-state index is 12.6. The van der Waals surface area contributed by atoms with E-state index in [0.29, 0.717) is 27.3 Å². The molecule has 1 aromatic carbocycles. The minimum atomic E-state index is -0.396. The van der Waals surface area contributed by atoms with Crippen molar-refractivity contribution in [2.45, 2.75) is 17.5 Å². The van der Waals surface area contributed by atoms with Crippen LogP contribution in [-0.2, 0) is 11.8 Å². The van der Waals surface area contributed by atoms with E-state index in [1.807, 2.05) is 18.2 Å². The molecule has 1 N–H and O–H groups in total. The van der Waals surface area contributed by atoms with E-state index in [0.717, 1.165) is 5.56 Å². The fourth-order valence-corrected chi connectivity index (χ4v) is 3.79. The molecule has 0 radical (unpaired) electrons. The first-order valence-corrected chi connectivity index (χ1v) is 8.78. The molecule has 24 heavy (non-hydrogen) atoms. The molecule has 5 nitrogen and oxygen atoms in total. The molecular weight excluding hydrogens is 346 g/mol. The van der Waals surface area contributed by atoms with Crippen molar-refractivity contribution in [3.8, 4) is 0 Å². The Morgan fingerprint density at radius 2 is 2.21 bits per heavy atom. The highest BCUT2D eigenvalue weighted by Gasteiger charge is 2.32. The Balaban J connectivity index is 2.18. The summed E-state index contributed by atoms with van der Waals surface area (Å²) in [6.07, 6.45) is 1.91. The van der Waals surface area contributed by atoms with Gasteiger partial charge in [-0.3, -0.25) is 9.59 Å². The highest BCUT2D eigenvalue weighted by atomic mass is 35.5. The number of fused-ring (bicyclic) bond motifs is 1. The van der Waals surface area contributed by atoms with Gasteiger partial charge in [0.1, 0.15) is 5.82 Å². The second kappa shape index (κ2) is 6.83. The number of amides is 1. The van der Waals surface area contributed by atoms with Gasteiger partial charge < -0.3 is 9.88 Å². The van der Waals surface area contributed by atoms with Crippen molar-refractivity contribution < 1.29 is 4.79 Å². The van der Waals surface area contributed by atoms with Gasteiger partial charge >= 0.3 is 0 Å². The standard InChI is InChI=1S/C17H16ClN3O2S/c1-3-8-24-17-20-16(23)14-11(10-6-4-5-7-12(10)18)9-13(22)19-15(14)21(17)2/h3-7,11H,1,8-9H2,2H3,(H,19,22). The number of carbonyl (C=O) groups excluding carboxylic acids is 1. The van der Waals surface area contributed by atoms with Crippen LogP contribution in [0.1, 0.15) is 23.5 Å². The average molecular weight is 362 g/mol. The summed E-state index contributed by atoms with van der Waals surface area (Å²) in [6, 6.07) is 7.27. The van der Waals surface area contributed by atoms with E-state index in [2.05, 4.69) is 16.9 Å². The molecule has 1 aromatic heterocycles. The number of nitrogens with zero attached hydrogens (tertiary/aromatic N) is 2. The molecule has 1 aliphatic rings. The molecule has 1 aliphatic heterocycles. The summed E-state index contributed by atoms with van der Waals surface area (Å²) in [5.74, 6) is 0.573. The normalized spacial score (nSPS) is 16.4. The van der Waals surface area contributed by atoms with Crippen molar-refractivity contribution in [2.24, 2.45) is 7.05 Å². The van der Waals surface area contributed by atoms with Crippen molar-refractivity contribution in [3.05, 3.63) is 63.4 Å². The SMILES string of the molecule is C=CCSc1nc(=O)c2c(n1C)NC(=O)CC2c1ccccc1Cl. The third-order valence-electron chi connectivity index (χ3n) is 3.91. The molecule has 0 saturated carbocycles. The first-order valence-electron chi connectivity index (χ1n) is 7.41. The molecule has 124 valence electrons. The van der Waals surface area contributed by atoms with Crippen LogP contribution in [0.2, 0.25) is 5.02 Å². The Morgan fingerprint density at radius 3 is 2.92 bits per heavy atom. The predicted octanol–water partition coefficient (Wildman–Crippen LogP) is 3.19. The zero-order valence-corrected chi connectivity index (χ0v) is 14.7. The lowest BCUT2D eigenvalue weighted by Crippen LogP contribution is -2.33. The summed E-state index contributed by atoms with van der Waals surface area (Å²) in [5.41, 5.74) is 0.911. The Morgan fingerprint density at radius 1 is 1.46 bits per heavy atom. The molecule has 7 heteroatoms. The molecule has 1 atom stereocenters. The summed E-state index contributed by atoms with van der Waals surface area (Å²) >= 11 is 7.68. The maximum absolute atomic E-state index is 12.6. The van der Waals surface area contributed by atoms with E-state index in [-0.39, 0.29) is 17.9 Å². The van der Waals surface area contributed by atoms with Crippen LogP contribution in [0.3, 0.4) is 0 Å². The van der Waals surface area contributed by atoms with E-state index in [4.69, 9.17) is 11.6 Å². The average Bonchev–Trinajstić information content (AvgIpc) is 2.56. The molecule has 2 aromatic rings.